The van der Waals surface area contributed by atoms with E-state index in [4.69, 9.17) is 0 Å². The summed E-state index contributed by atoms with van der Waals surface area (Å²) in [5, 5.41) is 7.19. The van der Waals surface area contributed by atoms with Gasteiger partial charge in [-0.15, -0.1) is 0 Å². The number of aryl methyl sites for hydroxylation is 3. The Labute approximate surface area is 156 Å². The van der Waals surface area contributed by atoms with Crippen molar-refractivity contribution in [1.82, 2.24) is 9.55 Å². The molecule has 0 radical (unpaired) electrons. The molecule has 1 amide bonds. The van der Waals surface area contributed by atoms with E-state index in [-0.39, 0.29) is 11.8 Å². The quantitative estimate of drug-likeness (QED) is 0.772. The Morgan fingerprint density at radius 1 is 1.08 bits per heavy atom. The number of nitrogens with zero attached hydrogens (tertiary/aromatic N) is 4. The minimum atomic E-state index is -0.227. The van der Waals surface area contributed by atoms with Crippen molar-refractivity contribution in [2.45, 2.75) is 51.5 Å². The summed E-state index contributed by atoms with van der Waals surface area (Å²) < 4.78 is 1.54. The number of carbonyl (C=O) groups is 2. The Morgan fingerprint density at radius 3 is 2.50 bits per heavy atom. The van der Waals surface area contributed by atoms with Crippen LogP contribution in [0.5, 0.6) is 0 Å². The maximum absolute atomic E-state index is 12.1. The van der Waals surface area contributed by atoms with Gasteiger partial charge in [-0.05, 0) is 61.6 Å². The normalized spacial score (nSPS) is 16.0. The van der Waals surface area contributed by atoms with Gasteiger partial charge in [0.1, 0.15) is 15.9 Å². The van der Waals surface area contributed by atoms with Crippen LogP contribution in [0.25, 0.3) is 0 Å². The van der Waals surface area contributed by atoms with Crippen molar-refractivity contribution in [2.75, 3.05) is 5.01 Å². The van der Waals surface area contributed by atoms with Crippen LogP contribution < -0.4 is 5.01 Å². The number of imidazole rings is 1. The lowest BCUT2D eigenvalue weighted by Crippen LogP contribution is -2.28. The third kappa shape index (κ3) is 2.76. The van der Waals surface area contributed by atoms with Gasteiger partial charge in [0.05, 0.1) is 0 Å². The van der Waals surface area contributed by atoms with Crippen LogP contribution in [-0.4, -0.2) is 26.4 Å². The molecule has 1 aliphatic carbocycles. The highest BCUT2D eigenvalue weighted by Gasteiger charge is 2.31. The van der Waals surface area contributed by atoms with Crippen molar-refractivity contribution in [3.63, 3.8) is 0 Å². The summed E-state index contributed by atoms with van der Waals surface area (Å²) in [6.45, 7) is 4.71. The number of fused-ring (bicyclic) bond motifs is 2. The fourth-order valence-electron chi connectivity index (χ4n) is 3.55. The molecule has 26 heavy (non-hydrogen) atoms. The molecule has 0 saturated heterocycles. The Hall–Kier alpha value is -2.41. The van der Waals surface area contributed by atoms with Crippen molar-refractivity contribution in [2.24, 2.45) is 5.10 Å². The molecule has 0 fully saturated rings. The number of benzene rings is 1. The maximum Gasteiger partial charge on any atom is 0.245 e. The van der Waals surface area contributed by atoms with E-state index >= 15 is 0 Å². The molecule has 0 spiro atoms. The monoisotopic (exact) mass is 368 g/mol. The summed E-state index contributed by atoms with van der Waals surface area (Å²) in [7, 11) is 0. The molecule has 2 aliphatic rings. The first-order valence-corrected chi connectivity index (χ1v) is 9.57. The van der Waals surface area contributed by atoms with Crippen molar-refractivity contribution >= 4 is 34.4 Å². The highest BCUT2D eigenvalue weighted by atomic mass is 32.2. The van der Waals surface area contributed by atoms with E-state index in [1.54, 1.807) is 11.5 Å². The maximum atomic E-state index is 12.1. The van der Waals surface area contributed by atoms with Gasteiger partial charge in [0, 0.05) is 19.4 Å². The first-order valence-electron chi connectivity index (χ1n) is 8.75. The van der Waals surface area contributed by atoms with Crippen LogP contribution in [0.3, 0.4) is 0 Å². The molecule has 1 aliphatic heterocycles. The average Bonchev–Trinajstić information content (AvgIpc) is 2.96. The number of hydrogen-bond donors (Lipinski definition) is 0. The van der Waals surface area contributed by atoms with E-state index in [1.807, 2.05) is 0 Å². The molecular weight excluding hydrogens is 348 g/mol. The second-order valence-electron chi connectivity index (χ2n) is 6.67. The number of rotatable bonds is 1. The molecule has 2 aromatic rings. The molecule has 134 valence electrons. The minimum Gasteiger partial charge on any atom is -0.274 e. The van der Waals surface area contributed by atoms with Gasteiger partial charge in [-0.2, -0.15) is 10.1 Å². The van der Waals surface area contributed by atoms with E-state index in [9.17, 15) is 9.59 Å². The molecule has 0 bridgehead atoms. The molecule has 1 aromatic carbocycles. The number of aromatic nitrogens is 2. The number of hydrogen-bond acceptors (Lipinski definition) is 5. The third-order valence-electron chi connectivity index (χ3n) is 4.78. The number of carbonyl (C=O) groups excluding carboxylic acids is 2. The van der Waals surface area contributed by atoms with E-state index in [0.717, 1.165) is 18.4 Å². The lowest BCUT2D eigenvalue weighted by Gasteiger charge is -2.23. The largest absolute Gasteiger partial charge is 0.274 e. The van der Waals surface area contributed by atoms with E-state index in [0.29, 0.717) is 21.7 Å². The Bertz CT molecular complexity index is 961. The fourth-order valence-corrected chi connectivity index (χ4v) is 4.68. The van der Waals surface area contributed by atoms with Gasteiger partial charge in [-0.1, -0.05) is 12.1 Å². The molecular formula is C19H20N4O2S. The highest BCUT2D eigenvalue weighted by molar-refractivity contribution is 8.14. The predicted molar refractivity (Wildman–Crippen MR) is 102 cm³/mol. The van der Waals surface area contributed by atoms with Crippen molar-refractivity contribution in [1.29, 1.82) is 0 Å². The van der Waals surface area contributed by atoms with Gasteiger partial charge in [-0.3, -0.25) is 14.2 Å². The Kier molecular flexibility index (Phi) is 4.19. The van der Waals surface area contributed by atoms with Crippen LogP contribution in [0.2, 0.25) is 0 Å². The van der Waals surface area contributed by atoms with Crippen molar-refractivity contribution in [3.05, 3.63) is 40.7 Å². The zero-order valence-electron chi connectivity index (χ0n) is 15.1. The number of anilines is 1. The summed E-state index contributed by atoms with van der Waals surface area (Å²) in [5.41, 5.74) is 3.73. The van der Waals surface area contributed by atoms with Crippen LogP contribution in [0, 0.1) is 6.92 Å². The van der Waals surface area contributed by atoms with E-state index < -0.39 is 0 Å². The summed E-state index contributed by atoms with van der Waals surface area (Å²) >= 11 is 1.39. The van der Waals surface area contributed by atoms with Gasteiger partial charge < -0.3 is 0 Å². The summed E-state index contributed by atoms with van der Waals surface area (Å²) in [4.78, 5) is 28.6. The number of hydrazone groups is 1. The topological polar surface area (TPSA) is 67.6 Å². The molecule has 0 atom stereocenters. The molecule has 2 heterocycles. The van der Waals surface area contributed by atoms with Crippen molar-refractivity contribution in [3.8, 4) is 0 Å². The molecule has 0 saturated carbocycles. The number of thioether (sulfide) groups is 1. The molecule has 1 aromatic heterocycles. The zero-order valence-corrected chi connectivity index (χ0v) is 15.9. The first kappa shape index (κ1) is 17.0. The number of amides is 1. The third-order valence-corrected chi connectivity index (χ3v) is 5.85. The summed E-state index contributed by atoms with van der Waals surface area (Å²) in [6.07, 6.45) is 4.64. The van der Waals surface area contributed by atoms with Gasteiger partial charge in [-0.25, -0.2) is 4.98 Å². The lowest BCUT2D eigenvalue weighted by atomic mass is 9.90. The standard InChI is InChI=1S/C19H20N4O2S/c1-11-20-17-19(22(11)12(2)24)26-18(21-23(17)13(3)25)16-9-8-14-6-4-5-7-15(14)10-16/h8-10H,4-7H2,1-3H3. The van der Waals surface area contributed by atoms with Crippen molar-refractivity contribution < 1.29 is 9.59 Å². The molecule has 0 N–H and O–H groups in total. The molecule has 6 nitrogen and oxygen atoms in total. The smallest absolute Gasteiger partial charge is 0.245 e. The average molecular weight is 368 g/mol. The lowest BCUT2D eigenvalue weighted by molar-refractivity contribution is -0.116. The van der Waals surface area contributed by atoms with Crippen LogP contribution in [-0.2, 0) is 17.6 Å². The molecule has 4 rings (SSSR count). The second-order valence-corrected chi connectivity index (χ2v) is 7.65. The summed E-state index contributed by atoms with van der Waals surface area (Å²) in [5.74, 6) is 0.634. The highest BCUT2D eigenvalue weighted by Crippen LogP contribution is 2.38. The Balaban J connectivity index is 1.81. The Morgan fingerprint density at radius 2 is 1.81 bits per heavy atom. The van der Waals surface area contributed by atoms with Gasteiger partial charge >= 0.3 is 0 Å². The van der Waals surface area contributed by atoms with Gasteiger partial charge in [0.15, 0.2) is 5.82 Å². The minimum absolute atomic E-state index is 0.126. The van der Waals surface area contributed by atoms with E-state index in [2.05, 4.69) is 28.3 Å². The second kappa shape index (κ2) is 6.39. The van der Waals surface area contributed by atoms with Crippen LogP contribution in [0.4, 0.5) is 5.82 Å². The summed E-state index contributed by atoms with van der Waals surface area (Å²) in [6, 6.07) is 6.39. The first-order chi connectivity index (χ1) is 12.5. The van der Waals surface area contributed by atoms with Crippen LogP contribution >= 0.6 is 11.8 Å². The molecule has 0 unspecified atom stereocenters. The van der Waals surface area contributed by atoms with E-state index in [1.165, 1.54) is 54.6 Å². The molecule has 7 heteroatoms. The van der Waals surface area contributed by atoms with Crippen LogP contribution in [0.15, 0.2) is 28.3 Å². The van der Waals surface area contributed by atoms with Gasteiger partial charge in [0.25, 0.3) is 0 Å². The predicted octanol–water partition coefficient (Wildman–Crippen LogP) is 3.55. The SMILES string of the molecule is CC(=O)N1N=C(c2ccc3c(c2)CCCC3)Sc2c1nc(C)n2C(C)=O. The fraction of sp³-hybridized carbons (Fsp3) is 0.368. The van der Waals surface area contributed by atoms with Gasteiger partial charge in [0.2, 0.25) is 11.8 Å². The zero-order chi connectivity index (χ0) is 18.4. The van der Waals surface area contributed by atoms with Crippen LogP contribution in [0.1, 0.15) is 54.0 Å².